The van der Waals surface area contributed by atoms with Gasteiger partial charge in [-0.05, 0) is 24.0 Å². The van der Waals surface area contributed by atoms with E-state index in [9.17, 15) is 9.59 Å². The fourth-order valence-electron chi connectivity index (χ4n) is 1.63. The summed E-state index contributed by atoms with van der Waals surface area (Å²) in [5.74, 6) is 0.113. The van der Waals surface area contributed by atoms with Crippen molar-refractivity contribution >= 4 is 29.7 Å². The van der Waals surface area contributed by atoms with Crippen LogP contribution in [-0.2, 0) is 20.8 Å². The Morgan fingerprint density at radius 2 is 1.91 bits per heavy atom. The molecule has 0 saturated carbocycles. The number of nitrogens with two attached hydrogens (primary N) is 2. The van der Waals surface area contributed by atoms with Crippen LogP contribution < -0.4 is 16.2 Å². The average Bonchev–Trinajstić information content (AvgIpc) is 2.52. The highest BCUT2D eigenvalue weighted by Gasteiger charge is 2.19. The molecule has 0 spiro atoms. The van der Waals surface area contributed by atoms with E-state index in [1.54, 1.807) is 37.6 Å². The van der Waals surface area contributed by atoms with Crippen LogP contribution in [0.1, 0.15) is 5.56 Å². The lowest BCUT2D eigenvalue weighted by Crippen LogP contribution is -2.37. The number of carbonyl (C=O) groups is 2. The molecule has 8 nitrogen and oxygen atoms in total. The zero-order chi connectivity index (χ0) is 17.2. The van der Waals surface area contributed by atoms with Crippen LogP contribution in [0.5, 0.6) is 5.75 Å². The molecule has 0 heterocycles. The van der Waals surface area contributed by atoms with Crippen molar-refractivity contribution in [1.82, 2.24) is 0 Å². The van der Waals surface area contributed by atoms with E-state index in [2.05, 4.69) is 9.99 Å². The Hall–Kier alpha value is -2.42. The SMILES string of the molecule is COc1ccc(CC(OC(N)=O)C(N)=NOC(=O)CSC)cc1. The number of ether oxygens (including phenoxy) is 2. The van der Waals surface area contributed by atoms with E-state index in [0.29, 0.717) is 5.75 Å². The summed E-state index contributed by atoms with van der Waals surface area (Å²) < 4.78 is 9.98. The molecule has 0 aromatic heterocycles. The summed E-state index contributed by atoms with van der Waals surface area (Å²) in [6.45, 7) is 0. The number of thioether (sulfide) groups is 1. The Kier molecular flexibility index (Phi) is 7.75. The Balaban J connectivity index is 2.79. The van der Waals surface area contributed by atoms with Crippen molar-refractivity contribution in [2.24, 2.45) is 16.6 Å². The number of carbonyl (C=O) groups excluding carboxylic acids is 2. The van der Waals surface area contributed by atoms with Crippen molar-refractivity contribution in [1.29, 1.82) is 0 Å². The summed E-state index contributed by atoms with van der Waals surface area (Å²) in [5, 5.41) is 3.50. The first-order chi connectivity index (χ1) is 11.0. The summed E-state index contributed by atoms with van der Waals surface area (Å²) in [6, 6.07) is 7.07. The third-order valence-corrected chi connectivity index (χ3v) is 3.21. The molecule has 4 N–H and O–H groups in total. The number of oxime groups is 1. The largest absolute Gasteiger partial charge is 0.497 e. The van der Waals surface area contributed by atoms with E-state index >= 15 is 0 Å². The molecule has 0 aliphatic rings. The van der Waals surface area contributed by atoms with Crippen molar-refractivity contribution in [2.45, 2.75) is 12.5 Å². The fourth-order valence-corrected chi connectivity index (χ4v) is 1.92. The molecule has 0 saturated heterocycles. The summed E-state index contributed by atoms with van der Waals surface area (Å²) in [7, 11) is 1.56. The molecule has 9 heteroatoms. The number of amidine groups is 1. The molecular formula is C14H19N3O5S. The van der Waals surface area contributed by atoms with Gasteiger partial charge in [-0.2, -0.15) is 11.8 Å². The molecule has 0 radical (unpaired) electrons. The van der Waals surface area contributed by atoms with Crippen LogP contribution in [0.25, 0.3) is 0 Å². The maximum absolute atomic E-state index is 11.3. The van der Waals surface area contributed by atoms with Gasteiger partial charge in [0.2, 0.25) is 0 Å². The average molecular weight is 341 g/mol. The van der Waals surface area contributed by atoms with Gasteiger partial charge in [-0.1, -0.05) is 17.3 Å². The molecule has 1 amide bonds. The molecule has 1 atom stereocenters. The van der Waals surface area contributed by atoms with Crippen LogP contribution in [0.2, 0.25) is 0 Å². The molecule has 23 heavy (non-hydrogen) atoms. The van der Waals surface area contributed by atoms with E-state index in [1.165, 1.54) is 11.8 Å². The van der Waals surface area contributed by atoms with Gasteiger partial charge >= 0.3 is 12.1 Å². The Morgan fingerprint density at radius 1 is 1.26 bits per heavy atom. The maximum atomic E-state index is 11.3. The minimum atomic E-state index is -1.00. The molecule has 126 valence electrons. The van der Waals surface area contributed by atoms with Gasteiger partial charge in [-0.25, -0.2) is 9.59 Å². The van der Waals surface area contributed by atoms with Crippen LogP contribution in [0.4, 0.5) is 4.79 Å². The van der Waals surface area contributed by atoms with E-state index in [-0.39, 0.29) is 18.0 Å². The highest BCUT2D eigenvalue weighted by molar-refractivity contribution is 7.99. The van der Waals surface area contributed by atoms with Crippen LogP contribution in [0.15, 0.2) is 29.4 Å². The number of benzene rings is 1. The molecule has 0 aliphatic heterocycles. The zero-order valence-electron chi connectivity index (χ0n) is 12.9. The zero-order valence-corrected chi connectivity index (χ0v) is 13.7. The second kappa shape index (κ2) is 9.57. The van der Waals surface area contributed by atoms with Crippen molar-refractivity contribution in [3.8, 4) is 5.75 Å². The minimum absolute atomic E-state index is 0.136. The quantitative estimate of drug-likeness (QED) is 0.311. The lowest BCUT2D eigenvalue weighted by molar-refractivity contribution is -0.140. The van der Waals surface area contributed by atoms with Crippen molar-refractivity contribution < 1.29 is 23.9 Å². The van der Waals surface area contributed by atoms with Crippen LogP contribution >= 0.6 is 11.8 Å². The Morgan fingerprint density at radius 3 is 2.43 bits per heavy atom. The summed E-state index contributed by atoms with van der Waals surface area (Å²) in [5.41, 5.74) is 11.6. The summed E-state index contributed by atoms with van der Waals surface area (Å²) in [6.07, 6.45) is 0.0272. The van der Waals surface area contributed by atoms with Gasteiger partial charge in [0.05, 0.1) is 12.9 Å². The van der Waals surface area contributed by atoms with Crippen LogP contribution in [-0.4, -0.2) is 43.1 Å². The van der Waals surface area contributed by atoms with Crippen molar-refractivity contribution in [3.05, 3.63) is 29.8 Å². The topological polar surface area (TPSA) is 126 Å². The van der Waals surface area contributed by atoms with Crippen molar-refractivity contribution in [2.75, 3.05) is 19.1 Å². The number of methoxy groups -OCH3 is 1. The number of nitrogens with zero attached hydrogens (tertiary/aromatic N) is 1. The smallest absolute Gasteiger partial charge is 0.405 e. The molecule has 0 bridgehead atoms. The molecule has 1 aromatic carbocycles. The van der Waals surface area contributed by atoms with Gasteiger partial charge in [0.25, 0.3) is 0 Å². The van der Waals surface area contributed by atoms with Crippen molar-refractivity contribution in [3.63, 3.8) is 0 Å². The summed E-state index contributed by atoms with van der Waals surface area (Å²) in [4.78, 5) is 26.9. The number of rotatable bonds is 8. The Bertz CT molecular complexity index is 562. The highest BCUT2D eigenvalue weighted by atomic mass is 32.2. The lowest BCUT2D eigenvalue weighted by Gasteiger charge is -2.15. The van der Waals surface area contributed by atoms with Gasteiger partial charge in [0.1, 0.15) is 5.75 Å². The second-order valence-corrected chi connectivity index (χ2v) is 5.26. The van der Waals surface area contributed by atoms with Crippen LogP contribution in [0.3, 0.4) is 0 Å². The first-order valence-corrected chi connectivity index (χ1v) is 7.96. The molecular weight excluding hydrogens is 322 g/mol. The van der Waals surface area contributed by atoms with Gasteiger partial charge < -0.3 is 25.8 Å². The first kappa shape index (κ1) is 18.6. The second-order valence-electron chi connectivity index (χ2n) is 4.39. The third-order valence-electron chi connectivity index (χ3n) is 2.68. The number of hydrogen-bond donors (Lipinski definition) is 2. The summed E-state index contributed by atoms with van der Waals surface area (Å²) >= 11 is 1.28. The number of primary amides is 1. The Labute approximate surface area is 138 Å². The predicted octanol–water partition coefficient (Wildman–Crippen LogP) is 0.880. The number of hydrogen-bond acceptors (Lipinski definition) is 7. The maximum Gasteiger partial charge on any atom is 0.405 e. The van der Waals surface area contributed by atoms with E-state index in [4.69, 9.17) is 20.9 Å². The van der Waals surface area contributed by atoms with Gasteiger partial charge in [0, 0.05) is 6.42 Å². The van der Waals surface area contributed by atoms with Gasteiger partial charge in [-0.3, -0.25) is 0 Å². The molecule has 0 fully saturated rings. The standard InChI is InChI=1S/C14H19N3O5S/c1-20-10-5-3-9(4-6-10)7-11(21-14(16)19)13(15)17-22-12(18)8-23-2/h3-6,11H,7-8H2,1-2H3,(H2,15,17)(H2,16,19). The van der Waals surface area contributed by atoms with Crippen LogP contribution in [0, 0.1) is 0 Å². The molecule has 1 aromatic rings. The minimum Gasteiger partial charge on any atom is -0.497 e. The highest BCUT2D eigenvalue weighted by Crippen LogP contribution is 2.14. The predicted molar refractivity (Wildman–Crippen MR) is 87.3 cm³/mol. The van der Waals surface area contributed by atoms with Gasteiger partial charge in [0.15, 0.2) is 11.9 Å². The lowest BCUT2D eigenvalue weighted by atomic mass is 10.1. The van der Waals surface area contributed by atoms with E-state index < -0.39 is 18.2 Å². The van der Waals surface area contributed by atoms with E-state index in [1.807, 2.05) is 0 Å². The monoisotopic (exact) mass is 341 g/mol. The molecule has 1 unspecified atom stereocenters. The molecule has 0 aliphatic carbocycles. The molecule has 1 rings (SSSR count). The number of amides is 1. The third kappa shape index (κ3) is 6.92. The van der Waals surface area contributed by atoms with E-state index in [0.717, 1.165) is 5.56 Å². The first-order valence-electron chi connectivity index (χ1n) is 6.57. The van der Waals surface area contributed by atoms with Gasteiger partial charge in [-0.15, -0.1) is 0 Å². The fraction of sp³-hybridized carbons (Fsp3) is 0.357. The normalized spacial score (nSPS) is 12.3.